The van der Waals surface area contributed by atoms with E-state index in [0.717, 1.165) is 10.1 Å². The van der Waals surface area contributed by atoms with Gasteiger partial charge in [0.2, 0.25) is 22.5 Å². The third kappa shape index (κ3) is 4.60. The van der Waals surface area contributed by atoms with Gasteiger partial charge in [-0.2, -0.15) is 0 Å². The number of nitrogens with one attached hydrogen (secondary N) is 1. The molecule has 1 aromatic heterocycles. The van der Waals surface area contributed by atoms with E-state index in [0.29, 0.717) is 27.8 Å². The van der Waals surface area contributed by atoms with Crippen LogP contribution in [0.3, 0.4) is 0 Å². The third-order valence-electron chi connectivity index (χ3n) is 5.27. The van der Waals surface area contributed by atoms with Gasteiger partial charge in [-0.3, -0.25) is 9.59 Å². The molecule has 1 amide bonds. The second-order valence-corrected chi connectivity index (χ2v) is 9.93. The first-order valence-corrected chi connectivity index (χ1v) is 11.9. The monoisotopic (exact) mass is 488 g/mol. The van der Waals surface area contributed by atoms with Crippen molar-refractivity contribution in [2.75, 3.05) is 6.79 Å². The van der Waals surface area contributed by atoms with Crippen LogP contribution in [0.2, 0.25) is 5.02 Å². The molecule has 8 nitrogen and oxygen atoms in total. The second-order valence-electron chi connectivity index (χ2n) is 7.61. The van der Waals surface area contributed by atoms with Crippen molar-refractivity contribution in [2.24, 2.45) is 0 Å². The number of sulfone groups is 1. The third-order valence-corrected chi connectivity index (χ3v) is 7.45. The van der Waals surface area contributed by atoms with Crippen LogP contribution in [0.25, 0.3) is 0 Å². The number of ether oxygens (including phenoxy) is 2. The molecule has 33 heavy (non-hydrogen) atoms. The van der Waals surface area contributed by atoms with Gasteiger partial charge in [0, 0.05) is 17.3 Å². The molecule has 2 heterocycles. The zero-order chi connectivity index (χ0) is 23.8. The average molecular weight is 489 g/mol. The van der Waals surface area contributed by atoms with Crippen molar-refractivity contribution in [1.82, 2.24) is 9.88 Å². The van der Waals surface area contributed by atoms with E-state index in [1.54, 1.807) is 38.1 Å². The van der Waals surface area contributed by atoms with Crippen LogP contribution in [0.1, 0.15) is 16.8 Å². The first-order valence-electron chi connectivity index (χ1n) is 10.0. The highest BCUT2D eigenvalue weighted by molar-refractivity contribution is 7.91. The summed E-state index contributed by atoms with van der Waals surface area (Å²) in [6.45, 7) is 3.26. The fourth-order valence-corrected chi connectivity index (χ4v) is 5.29. The fraction of sp³-hybridized carbons (Fsp3) is 0.217. The molecular weight excluding hydrogens is 468 g/mol. The number of fused-ring (bicyclic) bond motifs is 1. The van der Waals surface area contributed by atoms with Crippen LogP contribution in [-0.4, -0.2) is 25.7 Å². The van der Waals surface area contributed by atoms with Crippen molar-refractivity contribution in [3.8, 4) is 11.5 Å². The molecule has 0 aliphatic carbocycles. The lowest BCUT2D eigenvalue weighted by Crippen LogP contribution is -2.35. The number of hydrogen-bond acceptors (Lipinski definition) is 6. The maximum Gasteiger partial charge on any atom is 0.270 e. The van der Waals surface area contributed by atoms with Crippen molar-refractivity contribution in [1.29, 1.82) is 0 Å². The quantitative estimate of drug-likeness (QED) is 0.572. The topological polar surface area (TPSA) is 104 Å². The Morgan fingerprint density at radius 3 is 2.48 bits per heavy atom. The van der Waals surface area contributed by atoms with Crippen LogP contribution in [0.4, 0.5) is 0 Å². The summed E-state index contributed by atoms with van der Waals surface area (Å²) in [5.41, 5.74) is 0.836. The van der Waals surface area contributed by atoms with E-state index in [1.165, 1.54) is 24.3 Å². The second kappa shape index (κ2) is 8.92. The molecule has 0 unspecified atom stereocenters. The molecule has 0 bridgehead atoms. The number of carbonyl (C=O) groups is 1. The number of nitrogens with zero attached hydrogens (tertiary/aromatic N) is 1. The van der Waals surface area contributed by atoms with E-state index in [1.807, 2.05) is 0 Å². The molecular formula is C23H21ClN2O6S. The lowest BCUT2D eigenvalue weighted by molar-refractivity contribution is -0.121. The summed E-state index contributed by atoms with van der Waals surface area (Å²) < 4.78 is 38.1. The van der Waals surface area contributed by atoms with Gasteiger partial charge in [0.1, 0.15) is 11.4 Å². The summed E-state index contributed by atoms with van der Waals surface area (Å²) in [4.78, 5) is 25.4. The smallest absolute Gasteiger partial charge is 0.270 e. The molecule has 172 valence electrons. The first kappa shape index (κ1) is 22.9. The minimum Gasteiger partial charge on any atom is -0.454 e. The van der Waals surface area contributed by atoms with Crippen molar-refractivity contribution < 1.29 is 22.7 Å². The molecule has 0 spiro atoms. The lowest BCUT2D eigenvalue weighted by atomic mass is 10.2. The molecule has 0 saturated heterocycles. The highest BCUT2D eigenvalue weighted by Crippen LogP contribution is 2.32. The molecule has 1 aliphatic heterocycles. The van der Waals surface area contributed by atoms with Crippen molar-refractivity contribution in [2.45, 2.75) is 36.7 Å². The predicted molar refractivity (Wildman–Crippen MR) is 121 cm³/mol. The first-order chi connectivity index (χ1) is 15.7. The van der Waals surface area contributed by atoms with Gasteiger partial charge in [-0.05, 0) is 67.4 Å². The molecule has 1 aliphatic rings. The van der Waals surface area contributed by atoms with Crippen LogP contribution < -0.4 is 20.3 Å². The predicted octanol–water partition coefficient (Wildman–Crippen LogP) is 3.00. The largest absolute Gasteiger partial charge is 0.454 e. The number of carbonyl (C=O) groups excluding carboxylic acids is 1. The number of amides is 1. The van der Waals surface area contributed by atoms with E-state index in [9.17, 15) is 18.0 Å². The van der Waals surface area contributed by atoms with E-state index in [4.69, 9.17) is 21.1 Å². The number of hydrogen-bond donors (Lipinski definition) is 1. The van der Waals surface area contributed by atoms with Crippen molar-refractivity contribution >= 4 is 27.3 Å². The standard InChI is InChI=1S/C23H21ClN2O6S/c1-14-9-15(2)26(23(28)22(14)33(29,30)18-6-4-17(24)5-7-18)12-21(27)25-11-16-3-8-19-20(10-16)32-13-31-19/h3-10H,11-13H2,1-2H3,(H,25,27). The van der Waals surface area contributed by atoms with Crippen LogP contribution in [0.15, 0.2) is 63.1 Å². The van der Waals surface area contributed by atoms with Gasteiger partial charge in [0.15, 0.2) is 11.5 Å². The molecule has 0 fully saturated rings. The fourth-order valence-electron chi connectivity index (χ4n) is 3.61. The number of rotatable bonds is 6. The molecule has 0 saturated carbocycles. The summed E-state index contributed by atoms with van der Waals surface area (Å²) in [6, 6.07) is 12.5. The number of pyridine rings is 1. The van der Waals surface area contributed by atoms with Crippen molar-refractivity contribution in [3.63, 3.8) is 0 Å². The van der Waals surface area contributed by atoms with E-state index >= 15 is 0 Å². The Hall–Kier alpha value is -3.30. The molecule has 0 radical (unpaired) electrons. The average Bonchev–Trinajstić information content (AvgIpc) is 3.23. The highest BCUT2D eigenvalue weighted by atomic mass is 35.5. The van der Waals surface area contributed by atoms with Gasteiger partial charge in [-0.15, -0.1) is 0 Å². The molecule has 0 atom stereocenters. The minimum absolute atomic E-state index is 0.0465. The van der Waals surface area contributed by atoms with Gasteiger partial charge in [-0.25, -0.2) is 8.42 Å². The minimum atomic E-state index is -4.10. The Labute approximate surface area is 195 Å². The van der Waals surface area contributed by atoms with Crippen molar-refractivity contribution in [3.05, 3.63) is 80.7 Å². The van der Waals surface area contributed by atoms with Gasteiger partial charge in [-0.1, -0.05) is 17.7 Å². The zero-order valence-electron chi connectivity index (χ0n) is 17.9. The Kier molecular flexibility index (Phi) is 6.18. The maximum absolute atomic E-state index is 13.2. The Balaban J connectivity index is 1.57. The summed E-state index contributed by atoms with van der Waals surface area (Å²) >= 11 is 5.86. The number of aromatic nitrogens is 1. The molecule has 1 N–H and O–H groups in total. The zero-order valence-corrected chi connectivity index (χ0v) is 19.5. The summed E-state index contributed by atoms with van der Waals surface area (Å²) in [5.74, 6) is 0.808. The number of aryl methyl sites for hydroxylation is 2. The van der Waals surface area contributed by atoms with Crippen LogP contribution >= 0.6 is 11.6 Å². The number of benzene rings is 2. The highest BCUT2D eigenvalue weighted by Gasteiger charge is 2.26. The van der Waals surface area contributed by atoms with Gasteiger partial charge >= 0.3 is 0 Å². The summed E-state index contributed by atoms with van der Waals surface area (Å²) in [5, 5.41) is 3.13. The Morgan fingerprint density at radius 1 is 1.06 bits per heavy atom. The molecule has 4 rings (SSSR count). The van der Waals surface area contributed by atoms with Crippen LogP contribution in [0.5, 0.6) is 11.5 Å². The van der Waals surface area contributed by atoms with E-state index in [2.05, 4.69) is 5.32 Å². The van der Waals surface area contributed by atoms with E-state index < -0.39 is 21.3 Å². The molecule has 2 aromatic carbocycles. The van der Waals surface area contributed by atoms with Gasteiger partial charge < -0.3 is 19.4 Å². The van der Waals surface area contributed by atoms with E-state index in [-0.39, 0.29) is 29.7 Å². The Bertz CT molecular complexity index is 1400. The normalized spacial score (nSPS) is 12.6. The van der Waals surface area contributed by atoms with Crippen LogP contribution in [-0.2, 0) is 27.7 Å². The SMILES string of the molecule is Cc1cc(C)n(CC(=O)NCc2ccc3c(c2)OCO3)c(=O)c1S(=O)(=O)c1ccc(Cl)cc1. The van der Waals surface area contributed by atoms with Gasteiger partial charge in [0.05, 0.1) is 4.90 Å². The maximum atomic E-state index is 13.2. The molecule has 3 aromatic rings. The van der Waals surface area contributed by atoms with Crippen LogP contribution in [0, 0.1) is 13.8 Å². The Morgan fingerprint density at radius 2 is 1.76 bits per heavy atom. The number of halogens is 1. The lowest BCUT2D eigenvalue weighted by Gasteiger charge is -2.15. The summed E-state index contributed by atoms with van der Waals surface area (Å²) in [6.07, 6.45) is 0. The summed E-state index contributed by atoms with van der Waals surface area (Å²) in [7, 11) is -4.10. The van der Waals surface area contributed by atoms with Gasteiger partial charge in [0.25, 0.3) is 5.56 Å². The molecule has 10 heteroatoms.